The lowest BCUT2D eigenvalue weighted by molar-refractivity contribution is -0.387. The summed E-state index contributed by atoms with van der Waals surface area (Å²) in [6, 6.07) is 14.5. The summed E-state index contributed by atoms with van der Waals surface area (Å²) >= 11 is 0. The zero-order valence-corrected chi connectivity index (χ0v) is 20.8. The topological polar surface area (TPSA) is 126 Å². The molecule has 1 atom stereocenters. The number of hydrogen-bond donors (Lipinski definition) is 2. The van der Waals surface area contributed by atoms with Crippen molar-refractivity contribution in [2.75, 3.05) is 11.9 Å². The molecule has 194 valence electrons. The Morgan fingerprint density at radius 2 is 2.03 bits per heavy atom. The highest BCUT2D eigenvalue weighted by Gasteiger charge is 2.34. The molecule has 0 bridgehead atoms. The molecule has 1 aliphatic heterocycles. The first-order chi connectivity index (χ1) is 18.2. The van der Waals surface area contributed by atoms with Gasteiger partial charge in [-0.1, -0.05) is 25.1 Å². The van der Waals surface area contributed by atoms with E-state index in [1.807, 2.05) is 32.0 Å². The van der Waals surface area contributed by atoms with Crippen LogP contribution < -0.4 is 5.32 Å². The molecule has 3 heterocycles. The van der Waals surface area contributed by atoms with Crippen molar-refractivity contribution in [1.82, 2.24) is 19.7 Å². The number of nitro benzene ring substituents is 1. The average molecular weight is 517 g/mol. The lowest BCUT2D eigenvalue weighted by atomic mass is 9.95. The van der Waals surface area contributed by atoms with Gasteiger partial charge in [0.05, 0.1) is 18.0 Å². The fraction of sp³-hybridized carbons (Fsp3) is 0.222. The zero-order valence-electron chi connectivity index (χ0n) is 20.8. The number of nitrogens with zero attached hydrogens (tertiary/aromatic N) is 4. The number of nitro groups is 1. The summed E-state index contributed by atoms with van der Waals surface area (Å²) < 4.78 is 15.5. The minimum atomic E-state index is -0.925. The number of carbonyl (C=O) groups excluding carboxylic acids is 2. The molecule has 0 spiro atoms. The van der Waals surface area contributed by atoms with E-state index in [4.69, 9.17) is 0 Å². The Hall–Kier alpha value is -4.80. The van der Waals surface area contributed by atoms with Crippen molar-refractivity contribution < 1.29 is 18.9 Å². The Morgan fingerprint density at radius 3 is 2.74 bits per heavy atom. The van der Waals surface area contributed by atoms with Crippen molar-refractivity contribution in [3.05, 3.63) is 110 Å². The van der Waals surface area contributed by atoms with Crippen LogP contribution >= 0.6 is 0 Å². The van der Waals surface area contributed by atoms with Gasteiger partial charge in [0, 0.05) is 41.7 Å². The van der Waals surface area contributed by atoms with Gasteiger partial charge < -0.3 is 15.2 Å². The monoisotopic (exact) mass is 516 g/mol. The molecule has 2 amide bonds. The second-order valence-corrected chi connectivity index (χ2v) is 9.41. The number of anilines is 1. The molecule has 0 aliphatic carbocycles. The van der Waals surface area contributed by atoms with Crippen LogP contribution in [0.4, 0.5) is 15.8 Å². The quantitative estimate of drug-likeness (QED) is 0.286. The Bertz CT molecular complexity index is 1550. The van der Waals surface area contributed by atoms with E-state index in [9.17, 15) is 24.1 Å². The molecule has 11 heteroatoms. The van der Waals surface area contributed by atoms with Gasteiger partial charge in [-0.2, -0.15) is 9.49 Å². The molecule has 1 aliphatic rings. The van der Waals surface area contributed by atoms with Crippen LogP contribution in [0.15, 0.2) is 60.8 Å². The number of benzene rings is 2. The van der Waals surface area contributed by atoms with E-state index in [1.165, 1.54) is 12.1 Å². The van der Waals surface area contributed by atoms with Crippen molar-refractivity contribution >= 4 is 23.2 Å². The number of carbonyl (C=O) groups is 2. The predicted octanol–water partition coefficient (Wildman–Crippen LogP) is 4.63. The molecule has 0 radical (unpaired) electrons. The highest BCUT2D eigenvalue weighted by atomic mass is 19.1. The van der Waals surface area contributed by atoms with Crippen LogP contribution in [-0.2, 0) is 13.1 Å². The summed E-state index contributed by atoms with van der Waals surface area (Å²) in [4.78, 5) is 41.6. The normalized spacial score (nSPS) is 14.7. The Kier molecular flexibility index (Phi) is 6.50. The molecule has 4 aromatic rings. The van der Waals surface area contributed by atoms with E-state index >= 15 is 0 Å². The van der Waals surface area contributed by atoms with Crippen LogP contribution in [0, 0.1) is 22.9 Å². The van der Waals surface area contributed by atoms with Crippen LogP contribution in [0.5, 0.6) is 0 Å². The number of H-pyrrole nitrogens is 1. The molecule has 38 heavy (non-hydrogen) atoms. The summed E-state index contributed by atoms with van der Waals surface area (Å²) in [5.41, 5.74) is 3.38. The molecule has 5 rings (SSSR count). The van der Waals surface area contributed by atoms with Gasteiger partial charge in [0.1, 0.15) is 5.69 Å². The van der Waals surface area contributed by atoms with Crippen molar-refractivity contribution in [1.29, 1.82) is 0 Å². The summed E-state index contributed by atoms with van der Waals surface area (Å²) in [7, 11) is 0. The number of fused-ring (bicyclic) bond motifs is 1. The summed E-state index contributed by atoms with van der Waals surface area (Å²) in [5.74, 6) is -1.75. The fourth-order valence-corrected chi connectivity index (χ4v) is 4.87. The molecule has 0 saturated heterocycles. The number of aryl methyl sites for hydroxylation is 1. The Balaban J connectivity index is 1.54. The van der Waals surface area contributed by atoms with Crippen molar-refractivity contribution in [2.24, 2.45) is 0 Å². The van der Waals surface area contributed by atoms with Gasteiger partial charge in [0.2, 0.25) is 5.82 Å². The number of aromatic amines is 1. The molecule has 2 aromatic carbocycles. The molecule has 10 nitrogen and oxygen atoms in total. The standard InChI is InChI=1S/C27H25FN6O4/c1-16-5-3-6-19(11-16)30-26(35)24-20-15-32(27(36)22-7-4-10-29-22)13-17(2)25(20)33(31-24)14-18-8-9-21(28)23(12-18)34(37)38/h3-12,17,29H,13-15H2,1-2H3,(H,30,35). The zero-order chi connectivity index (χ0) is 27.0. The van der Waals surface area contributed by atoms with Crippen LogP contribution in [0.3, 0.4) is 0 Å². The second-order valence-electron chi connectivity index (χ2n) is 9.41. The third-order valence-corrected chi connectivity index (χ3v) is 6.55. The number of halogens is 1. The summed E-state index contributed by atoms with van der Waals surface area (Å²) in [5, 5.41) is 18.7. The largest absolute Gasteiger partial charge is 0.357 e. The first-order valence-corrected chi connectivity index (χ1v) is 12.0. The van der Waals surface area contributed by atoms with Gasteiger partial charge in [-0.15, -0.1) is 0 Å². The van der Waals surface area contributed by atoms with E-state index in [2.05, 4.69) is 15.4 Å². The molecule has 2 N–H and O–H groups in total. The summed E-state index contributed by atoms with van der Waals surface area (Å²) in [6.07, 6.45) is 1.67. The van der Waals surface area contributed by atoms with Gasteiger partial charge in [-0.05, 0) is 48.4 Å². The molecular formula is C27H25FN6O4. The van der Waals surface area contributed by atoms with E-state index in [0.717, 1.165) is 17.3 Å². The maximum absolute atomic E-state index is 13.9. The lowest BCUT2D eigenvalue weighted by Gasteiger charge is -2.32. The highest BCUT2D eigenvalue weighted by Crippen LogP contribution is 2.33. The molecule has 0 fully saturated rings. The van der Waals surface area contributed by atoms with Crippen molar-refractivity contribution in [3.63, 3.8) is 0 Å². The van der Waals surface area contributed by atoms with Gasteiger partial charge in [-0.25, -0.2) is 0 Å². The van der Waals surface area contributed by atoms with Crippen LogP contribution in [0.25, 0.3) is 0 Å². The molecule has 1 unspecified atom stereocenters. The minimum Gasteiger partial charge on any atom is -0.357 e. The van der Waals surface area contributed by atoms with Crippen LogP contribution in [0.1, 0.15) is 56.2 Å². The van der Waals surface area contributed by atoms with Gasteiger partial charge in [-0.3, -0.25) is 24.4 Å². The third kappa shape index (κ3) is 4.77. The average Bonchev–Trinajstić information content (AvgIpc) is 3.53. The maximum Gasteiger partial charge on any atom is 0.305 e. The highest BCUT2D eigenvalue weighted by molar-refractivity contribution is 6.04. The van der Waals surface area contributed by atoms with Gasteiger partial charge in [0.25, 0.3) is 11.8 Å². The van der Waals surface area contributed by atoms with E-state index in [0.29, 0.717) is 29.1 Å². The van der Waals surface area contributed by atoms with Crippen LogP contribution in [0.2, 0.25) is 0 Å². The van der Waals surface area contributed by atoms with Gasteiger partial charge >= 0.3 is 5.69 Å². The first-order valence-electron chi connectivity index (χ1n) is 12.0. The smallest absolute Gasteiger partial charge is 0.305 e. The molecule has 0 saturated carbocycles. The number of hydrogen-bond acceptors (Lipinski definition) is 5. The number of rotatable bonds is 6. The third-order valence-electron chi connectivity index (χ3n) is 6.55. The molecular weight excluding hydrogens is 491 g/mol. The van der Waals surface area contributed by atoms with Crippen molar-refractivity contribution in [2.45, 2.75) is 32.9 Å². The van der Waals surface area contributed by atoms with E-state index < -0.39 is 22.3 Å². The minimum absolute atomic E-state index is 0.0933. The Morgan fingerprint density at radius 1 is 1.21 bits per heavy atom. The van der Waals surface area contributed by atoms with Crippen LogP contribution in [-0.4, -0.2) is 42.9 Å². The Labute approximate surface area is 217 Å². The van der Waals surface area contributed by atoms with Gasteiger partial charge in [0.15, 0.2) is 5.69 Å². The maximum atomic E-state index is 13.9. The second kappa shape index (κ2) is 9.92. The summed E-state index contributed by atoms with van der Waals surface area (Å²) in [6.45, 7) is 4.49. The first kappa shape index (κ1) is 24.9. The number of aromatic nitrogens is 3. The fourth-order valence-electron chi connectivity index (χ4n) is 4.87. The number of amides is 2. The van der Waals surface area contributed by atoms with E-state index in [-0.39, 0.29) is 30.6 Å². The SMILES string of the molecule is Cc1cccc(NC(=O)c2nn(Cc3ccc(F)c([N+](=O)[O-])c3)c3c2CN(C(=O)c2ccc[nH]2)CC3C)c1. The lowest BCUT2D eigenvalue weighted by Crippen LogP contribution is -2.38. The number of nitrogens with one attached hydrogen (secondary N) is 2. The molecule has 2 aromatic heterocycles. The van der Waals surface area contributed by atoms with E-state index in [1.54, 1.807) is 34.0 Å². The van der Waals surface area contributed by atoms with Crippen molar-refractivity contribution in [3.8, 4) is 0 Å². The predicted molar refractivity (Wildman–Crippen MR) is 137 cm³/mol.